The van der Waals surface area contributed by atoms with Gasteiger partial charge in [0.2, 0.25) is 6.79 Å². The van der Waals surface area contributed by atoms with E-state index in [0.717, 1.165) is 60.0 Å². The molecule has 172 valence electrons. The van der Waals surface area contributed by atoms with Gasteiger partial charge in [0.1, 0.15) is 5.82 Å². The molecule has 0 bridgehead atoms. The molecule has 0 fully saturated rings. The molecule has 0 radical (unpaired) electrons. The maximum Gasteiger partial charge on any atom is 0.303 e. The van der Waals surface area contributed by atoms with Crippen LogP contribution in [0.4, 0.5) is 5.82 Å². The fourth-order valence-corrected chi connectivity index (χ4v) is 5.32. The molecule has 0 saturated heterocycles. The molecule has 2 N–H and O–H groups in total. The number of benzene rings is 1. The lowest BCUT2D eigenvalue weighted by molar-refractivity contribution is -0.137. The van der Waals surface area contributed by atoms with E-state index in [-0.39, 0.29) is 19.1 Å². The average molecular weight is 466 g/mol. The quantitative estimate of drug-likeness (QED) is 0.477. The monoisotopic (exact) mass is 465 g/mol. The number of nitrogens with zero attached hydrogens (tertiary/aromatic N) is 2. The number of thiazole rings is 1. The summed E-state index contributed by atoms with van der Waals surface area (Å²) in [5.74, 6) is 1.44. The van der Waals surface area contributed by atoms with Crippen LogP contribution in [0.3, 0.4) is 0 Å². The van der Waals surface area contributed by atoms with Crippen molar-refractivity contribution in [2.45, 2.75) is 50.9 Å². The molecule has 2 aromatic heterocycles. The minimum absolute atomic E-state index is 0.0482. The third-order valence-electron chi connectivity index (χ3n) is 6.13. The molecule has 0 amide bonds. The van der Waals surface area contributed by atoms with Gasteiger partial charge in [-0.3, -0.25) is 4.79 Å². The highest BCUT2D eigenvalue weighted by atomic mass is 32.1. The maximum atomic E-state index is 11.5. The summed E-state index contributed by atoms with van der Waals surface area (Å²) in [6, 6.07) is 10.0. The second-order valence-corrected chi connectivity index (χ2v) is 9.48. The summed E-state index contributed by atoms with van der Waals surface area (Å²) in [5.41, 5.74) is 4.42. The van der Waals surface area contributed by atoms with Crippen molar-refractivity contribution >= 4 is 23.1 Å². The Balaban J connectivity index is 1.19. The van der Waals surface area contributed by atoms with Crippen molar-refractivity contribution in [3.05, 3.63) is 63.2 Å². The minimum atomic E-state index is -0.818. The molecule has 33 heavy (non-hydrogen) atoms. The number of aliphatic carboxylic acids is 1. The summed E-state index contributed by atoms with van der Waals surface area (Å²) >= 11 is 1.60. The van der Waals surface area contributed by atoms with Crippen LogP contribution in [0.5, 0.6) is 11.5 Å². The van der Waals surface area contributed by atoms with Gasteiger partial charge >= 0.3 is 5.97 Å². The van der Waals surface area contributed by atoms with Crippen LogP contribution in [0.2, 0.25) is 0 Å². The van der Waals surface area contributed by atoms with Gasteiger partial charge < -0.3 is 19.9 Å². The highest BCUT2D eigenvalue weighted by Crippen LogP contribution is 2.36. The second-order valence-electron chi connectivity index (χ2n) is 8.54. The lowest BCUT2D eigenvalue weighted by Gasteiger charge is -2.17. The van der Waals surface area contributed by atoms with Crippen LogP contribution in [0.25, 0.3) is 0 Å². The SMILES string of the molecule is O=C(O)CC(Cc1nc(CCCc2ccc3c(n2)NCCC3)cs1)c1ccc2c(c1)OCO2. The van der Waals surface area contributed by atoms with E-state index in [1.54, 1.807) is 11.3 Å². The maximum absolute atomic E-state index is 11.5. The number of carboxylic acids is 1. The van der Waals surface area contributed by atoms with Crippen molar-refractivity contribution in [1.29, 1.82) is 0 Å². The largest absolute Gasteiger partial charge is 0.481 e. The molecule has 3 aromatic rings. The zero-order valence-electron chi connectivity index (χ0n) is 18.4. The highest BCUT2D eigenvalue weighted by Gasteiger charge is 2.22. The average Bonchev–Trinajstić information content (AvgIpc) is 3.47. The molecule has 0 spiro atoms. The summed E-state index contributed by atoms with van der Waals surface area (Å²) in [7, 11) is 0. The molecule has 1 unspecified atom stereocenters. The third kappa shape index (κ3) is 5.27. The normalized spacial score (nSPS) is 15.0. The lowest BCUT2D eigenvalue weighted by Crippen LogP contribution is -2.14. The van der Waals surface area contributed by atoms with Crippen LogP contribution in [0, 0.1) is 0 Å². The van der Waals surface area contributed by atoms with E-state index in [1.807, 2.05) is 18.2 Å². The van der Waals surface area contributed by atoms with Crippen molar-refractivity contribution in [2.24, 2.45) is 0 Å². The number of pyridine rings is 1. The van der Waals surface area contributed by atoms with Crippen molar-refractivity contribution < 1.29 is 19.4 Å². The minimum Gasteiger partial charge on any atom is -0.481 e. The number of ether oxygens (including phenoxy) is 2. The fraction of sp³-hybridized carbons (Fsp3) is 0.400. The number of anilines is 1. The molecule has 1 aromatic carbocycles. The van der Waals surface area contributed by atoms with E-state index in [4.69, 9.17) is 19.4 Å². The van der Waals surface area contributed by atoms with E-state index in [0.29, 0.717) is 17.9 Å². The number of fused-ring (bicyclic) bond motifs is 2. The van der Waals surface area contributed by atoms with E-state index < -0.39 is 5.97 Å². The van der Waals surface area contributed by atoms with Crippen molar-refractivity contribution in [3.63, 3.8) is 0 Å². The summed E-state index contributed by atoms with van der Waals surface area (Å²) in [4.78, 5) is 21.1. The topological polar surface area (TPSA) is 93.6 Å². The number of aromatic nitrogens is 2. The van der Waals surface area contributed by atoms with Crippen LogP contribution in [-0.4, -0.2) is 34.4 Å². The van der Waals surface area contributed by atoms with Gasteiger partial charge in [-0.05, 0) is 61.4 Å². The van der Waals surface area contributed by atoms with Crippen molar-refractivity contribution in [2.75, 3.05) is 18.7 Å². The Morgan fingerprint density at radius 2 is 2.00 bits per heavy atom. The molecule has 2 aliphatic heterocycles. The van der Waals surface area contributed by atoms with Crippen molar-refractivity contribution in [1.82, 2.24) is 9.97 Å². The number of carboxylic acid groups (broad SMARTS) is 1. The zero-order valence-corrected chi connectivity index (χ0v) is 19.2. The number of rotatable bonds is 9. The Hall–Kier alpha value is -3.13. The number of hydrogen-bond donors (Lipinski definition) is 2. The van der Waals surface area contributed by atoms with E-state index in [9.17, 15) is 9.90 Å². The first-order valence-electron chi connectivity index (χ1n) is 11.4. The molecule has 2 aliphatic rings. The van der Waals surface area contributed by atoms with Crippen LogP contribution in [0.15, 0.2) is 35.7 Å². The van der Waals surface area contributed by atoms with Gasteiger partial charge in [-0.1, -0.05) is 12.1 Å². The Morgan fingerprint density at radius 1 is 1.12 bits per heavy atom. The summed E-state index contributed by atoms with van der Waals surface area (Å²) < 4.78 is 10.8. The molecule has 4 heterocycles. The lowest BCUT2D eigenvalue weighted by atomic mass is 9.92. The van der Waals surface area contributed by atoms with Crippen LogP contribution >= 0.6 is 11.3 Å². The number of nitrogens with one attached hydrogen (secondary N) is 1. The molecule has 0 saturated carbocycles. The van der Waals surface area contributed by atoms with Gasteiger partial charge in [0, 0.05) is 30.0 Å². The molecule has 5 rings (SSSR count). The zero-order chi connectivity index (χ0) is 22.6. The molecular formula is C25H27N3O4S. The van der Waals surface area contributed by atoms with Gasteiger partial charge in [0.25, 0.3) is 0 Å². The van der Waals surface area contributed by atoms with E-state index in [2.05, 4.69) is 22.8 Å². The van der Waals surface area contributed by atoms with Gasteiger partial charge in [-0.2, -0.15) is 0 Å². The first-order valence-corrected chi connectivity index (χ1v) is 12.3. The van der Waals surface area contributed by atoms with Crippen LogP contribution in [-0.2, 0) is 30.5 Å². The van der Waals surface area contributed by atoms with E-state index in [1.165, 1.54) is 12.0 Å². The standard InChI is InChI=1S/C25H27N3O4S/c29-24(30)13-18(17-7-9-21-22(11-17)32-15-31-21)12-23-27-20(14-33-23)5-1-4-19-8-6-16-3-2-10-26-25(16)28-19/h6-9,11,14,18H,1-5,10,12-13,15H2,(H,26,28)(H,29,30). The van der Waals surface area contributed by atoms with Crippen LogP contribution < -0.4 is 14.8 Å². The molecule has 0 aliphatic carbocycles. The van der Waals surface area contributed by atoms with Gasteiger partial charge in [0.15, 0.2) is 11.5 Å². The van der Waals surface area contributed by atoms with Gasteiger partial charge in [-0.15, -0.1) is 11.3 Å². The smallest absolute Gasteiger partial charge is 0.303 e. The van der Waals surface area contributed by atoms with E-state index >= 15 is 0 Å². The molecule has 7 nitrogen and oxygen atoms in total. The Morgan fingerprint density at radius 3 is 2.91 bits per heavy atom. The Labute approximate surface area is 196 Å². The number of hydrogen-bond acceptors (Lipinski definition) is 7. The Bertz CT molecular complexity index is 1150. The van der Waals surface area contributed by atoms with Gasteiger partial charge in [-0.25, -0.2) is 9.97 Å². The first-order chi connectivity index (χ1) is 16.1. The summed E-state index contributed by atoms with van der Waals surface area (Å²) in [5, 5.41) is 15.9. The number of carbonyl (C=O) groups is 1. The van der Waals surface area contributed by atoms with Gasteiger partial charge in [0.05, 0.1) is 17.1 Å². The number of aryl methyl sites for hydroxylation is 3. The fourth-order valence-electron chi connectivity index (χ4n) is 4.41. The predicted octanol–water partition coefficient (Wildman–Crippen LogP) is 4.60. The molecular weight excluding hydrogens is 438 g/mol. The highest BCUT2D eigenvalue weighted by molar-refractivity contribution is 7.09. The molecule has 1 atom stereocenters. The summed E-state index contributed by atoms with van der Waals surface area (Å²) in [6.45, 7) is 1.20. The van der Waals surface area contributed by atoms with Crippen LogP contribution in [0.1, 0.15) is 52.7 Å². The summed E-state index contributed by atoms with van der Waals surface area (Å²) in [6.07, 6.45) is 5.70. The first kappa shape index (κ1) is 21.7. The predicted molar refractivity (Wildman–Crippen MR) is 126 cm³/mol. The van der Waals surface area contributed by atoms with Crippen molar-refractivity contribution in [3.8, 4) is 11.5 Å². The third-order valence-corrected chi connectivity index (χ3v) is 7.05. The molecule has 8 heteroatoms. The second kappa shape index (κ2) is 9.79. The Kier molecular flexibility index (Phi) is 6.44.